The van der Waals surface area contributed by atoms with Crippen molar-refractivity contribution in [3.05, 3.63) is 87.4 Å². The van der Waals surface area contributed by atoms with Crippen LogP contribution in [0.2, 0.25) is 0 Å². The normalized spacial score (nSPS) is 10.8. The van der Waals surface area contributed by atoms with E-state index in [2.05, 4.69) is 5.32 Å². The van der Waals surface area contributed by atoms with Gasteiger partial charge < -0.3 is 23.9 Å². The molecule has 1 N–H and O–H groups in total. The summed E-state index contributed by atoms with van der Waals surface area (Å²) in [7, 11) is 1.37. The molecular weight excluding hydrogens is 470 g/mol. The number of hydrogen-bond acceptors (Lipinski definition) is 9. The minimum atomic E-state index is -0.734. The number of amides is 1. The molecule has 0 radical (unpaired) electrons. The average Bonchev–Trinajstić information content (AvgIpc) is 3.39. The van der Waals surface area contributed by atoms with Crippen molar-refractivity contribution in [3.63, 3.8) is 0 Å². The fourth-order valence-corrected chi connectivity index (χ4v) is 3.07. The van der Waals surface area contributed by atoms with E-state index in [9.17, 15) is 25.0 Å². The van der Waals surface area contributed by atoms with Crippen molar-refractivity contribution in [2.45, 2.75) is 13.5 Å². The molecule has 3 aromatic rings. The Hall–Kier alpha value is -5.11. The fourth-order valence-electron chi connectivity index (χ4n) is 3.07. The zero-order chi connectivity index (χ0) is 26.1. The molecule has 0 unspecified atom stereocenters. The van der Waals surface area contributed by atoms with E-state index in [0.29, 0.717) is 16.9 Å². The van der Waals surface area contributed by atoms with Gasteiger partial charge >= 0.3 is 5.97 Å². The largest absolute Gasteiger partial charge is 0.493 e. The lowest BCUT2D eigenvalue weighted by Crippen LogP contribution is -2.23. The van der Waals surface area contributed by atoms with Gasteiger partial charge in [0.25, 0.3) is 11.6 Å². The summed E-state index contributed by atoms with van der Waals surface area (Å²) < 4.78 is 21.1. The third kappa shape index (κ3) is 6.71. The van der Waals surface area contributed by atoms with Crippen LogP contribution in [0.25, 0.3) is 6.08 Å². The van der Waals surface area contributed by atoms with Gasteiger partial charge in [-0.3, -0.25) is 14.9 Å². The van der Waals surface area contributed by atoms with Crippen LogP contribution in [-0.2, 0) is 16.1 Å². The van der Waals surface area contributed by atoms with Crippen LogP contribution < -0.4 is 19.5 Å². The summed E-state index contributed by atoms with van der Waals surface area (Å²) in [5, 5.41) is 22.9. The Morgan fingerprint density at radius 1 is 1.19 bits per heavy atom. The quantitative estimate of drug-likeness (QED) is 0.112. The summed E-state index contributed by atoms with van der Waals surface area (Å²) in [6.07, 6.45) is 2.84. The third-order valence-corrected chi connectivity index (χ3v) is 4.81. The number of nitrogens with one attached hydrogen (secondary N) is 1. The van der Waals surface area contributed by atoms with Crippen LogP contribution >= 0.6 is 0 Å². The summed E-state index contributed by atoms with van der Waals surface area (Å²) >= 11 is 0. The molecule has 11 nitrogen and oxygen atoms in total. The first-order valence-electron chi connectivity index (χ1n) is 10.5. The number of nitrogens with zero attached hydrogens (tertiary/aromatic N) is 2. The molecule has 0 saturated carbocycles. The molecule has 0 atom stereocenters. The number of nitro benzene ring substituents is 1. The van der Waals surface area contributed by atoms with Gasteiger partial charge in [-0.05, 0) is 55.0 Å². The molecule has 0 aliphatic carbocycles. The Morgan fingerprint density at radius 2 is 2.00 bits per heavy atom. The molecule has 36 heavy (non-hydrogen) atoms. The smallest absolute Gasteiger partial charge is 0.349 e. The number of furan rings is 1. The van der Waals surface area contributed by atoms with Gasteiger partial charge in [-0.15, -0.1) is 0 Å². The number of methoxy groups -OCH3 is 1. The number of benzene rings is 2. The second-order valence-electron chi connectivity index (χ2n) is 7.31. The molecule has 11 heteroatoms. The van der Waals surface area contributed by atoms with E-state index in [1.807, 2.05) is 6.07 Å². The van der Waals surface area contributed by atoms with E-state index in [4.69, 9.17) is 18.6 Å². The van der Waals surface area contributed by atoms with Crippen LogP contribution in [0, 0.1) is 28.4 Å². The molecule has 3 rings (SSSR count). The average molecular weight is 491 g/mol. The zero-order valence-corrected chi connectivity index (χ0v) is 19.3. The Kier molecular flexibility index (Phi) is 8.40. The summed E-state index contributed by atoms with van der Waals surface area (Å²) in [5.74, 6) is -0.205. The van der Waals surface area contributed by atoms with Gasteiger partial charge in [-0.1, -0.05) is 6.07 Å². The van der Waals surface area contributed by atoms with Gasteiger partial charge in [0.05, 0.1) is 24.8 Å². The molecule has 0 bridgehead atoms. The standard InChI is InChI=1S/C25H21N3O8/c1-16-10-19(6-7-21(16)28(31)32)35-15-24(29)36-22-8-5-17(12-23(22)33-2)11-18(13-26)25(30)27-14-20-4-3-9-34-20/h3-12H,14-15H2,1-2H3,(H,27,30)/b18-11+. The number of rotatable bonds is 10. The van der Waals surface area contributed by atoms with E-state index >= 15 is 0 Å². The molecule has 1 heterocycles. The predicted molar refractivity (Wildman–Crippen MR) is 126 cm³/mol. The van der Waals surface area contributed by atoms with Crippen LogP contribution in [0.3, 0.4) is 0 Å². The monoisotopic (exact) mass is 491 g/mol. The molecule has 2 aromatic carbocycles. The molecule has 0 fully saturated rings. The number of nitro groups is 1. The molecule has 184 valence electrons. The van der Waals surface area contributed by atoms with E-state index in [-0.39, 0.29) is 35.1 Å². The molecule has 0 spiro atoms. The molecule has 0 aliphatic heterocycles. The maximum atomic E-state index is 12.3. The first kappa shape index (κ1) is 25.5. The fraction of sp³-hybridized carbons (Fsp3) is 0.160. The van der Waals surface area contributed by atoms with Crippen molar-refractivity contribution < 1.29 is 33.1 Å². The highest BCUT2D eigenvalue weighted by Gasteiger charge is 2.15. The predicted octanol–water partition coefficient (Wildman–Crippen LogP) is 3.71. The second-order valence-corrected chi connectivity index (χ2v) is 7.31. The number of hydrogen-bond donors (Lipinski definition) is 1. The Morgan fingerprint density at radius 3 is 2.64 bits per heavy atom. The highest BCUT2D eigenvalue weighted by atomic mass is 16.6. The minimum Gasteiger partial charge on any atom is -0.493 e. The van der Waals surface area contributed by atoms with Gasteiger partial charge in [0.15, 0.2) is 18.1 Å². The lowest BCUT2D eigenvalue weighted by Gasteiger charge is -2.11. The topological polar surface area (TPSA) is 154 Å². The molecular formula is C25H21N3O8. The van der Waals surface area contributed by atoms with Crippen molar-refractivity contribution in [1.82, 2.24) is 5.32 Å². The van der Waals surface area contributed by atoms with Crippen LogP contribution in [0.1, 0.15) is 16.9 Å². The first-order valence-corrected chi connectivity index (χ1v) is 10.5. The van der Waals surface area contributed by atoms with Crippen LogP contribution in [0.15, 0.2) is 64.8 Å². The highest BCUT2D eigenvalue weighted by Crippen LogP contribution is 2.29. The third-order valence-electron chi connectivity index (χ3n) is 4.81. The van der Waals surface area contributed by atoms with Crippen LogP contribution in [0.5, 0.6) is 17.2 Å². The number of carbonyl (C=O) groups excluding carboxylic acids is 2. The van der Waals surface area contributed by atoms with Crippen LogP contribution in [0.4, 0.5) is 5.69 Å². The summed E-state index contributed by atoms with van der Waals surface area (Å²) in [6, 6.07) is 13.9. The van der Waals surface area contributed by atoms with Crippen molar-refractivity contribution in [1.29, 1.82) is 5.26 Å². The Labute approximate surface area is 205 Å². The van der Waals surface area contributed by atoms with Gasteiger partial charge in [0.1, 0.15) is 23.2 Å². The lowest BCUT2D eigenvalue weighted by molar-refractivity contribution is -0.385. The number of nitriles is 1. The van der Waals surface area contributed by atoms with E-state index in [1.165, 1.54) is 49.8 Å². The van der Waals surface area contributed by atoms with E-state index in [1.54, 1.807) is 25.1 Å². The highest BCUT2D eigenvalue weighted by molar-refractivity contribution is 6.01. The second kappa shape index (κ2) is 11.8. The van der Waals surface area contributed by atoms with Crippen molar-refractivity contribution in [2.24, 2.45) is 0 Å². The van der Waals surface area contributed by atoms with E-state index in [0.717, 1.165) is 0 Å². The van der Waals surface area contributed by atoms with Crippen molar-refractivity contribution in [2.75, 3.05) is 13.7 Å². The SMILES string of the molecule is COc1cc(/C=C(\C#N)C(=O)NCc2ccco2)ccc1OC(=O)COc1ccc([N+](=O)[O-])c(C)c1. The minimum absolute atomic E-state index is 0.0571. The maximum Gasteiger partial charge on any atom is 0.349 e. The van der Waals surface area contributed by atoms with Crippen LogP contribution in [-0.4, -0.2) is 30.5 Å². The first-order chi connectivity index (χ1) is 17.3. The number of carbonyl (C=O) groups is 2. The molecule has 1 amide bonds. The molecule has 0 aliphatic rings. The Bertz CT molecular complexity index is 1340. The van der Waals surface area contributed by atoms with Crippen molar-refractivity contribution in [3.8, 4) is 23.3 Å². The number of aryl methyl sites for hydroxylation is 1. The number of ether oxygens (including phenoxy) is 3. The van der Waals surface area contributed by atoms with Gasteiger partial charge in [0, 0.05) is 11.6 Å². The maximum absolute atomic E-state index is 12.3. The lowest BCUT2D eigenvalue weighted by atomic mass is 10.1. The molecule has 0 saturated heterocycles. The Balaban J connectivity index is 1.63. The van der Waals surface area contributed by atoms with E-state index < -0.39 is 23.4 Å². The van der Waals surface area contributed by atoms with Gasteiger partial charge in [-0.2, -0.15) is 5.26 Å². The summed E-state index contributed by atoms with van der Waals surface area (Å²) in [5.41, 5.74) is 0.662. The van der Waals surface area contributed by atoms with Gasteiger partial charge in [0.2, 0.25) is 0 Å². The zero-order valence-electron chi connectivity index (χ0n) is 19.3. The number of esters is 1. The summed E-state index contributed by atoms with van der Waals surface area (Å²) in [6.45, 7) is 1.24. The van der Waals surface area contributed by atoms with Crippen molar-refractivity contribution >= 4 is 23.6 Å². The molecule has 1 aromatic heterocycles. The van der Waals surface area contributed by atoms with Gasteiger partial charge in [-0.25, -0.2) is 4.79 Å². The summed E-state index contributed by atoms with van der Waals surface area (Å²) in [4.78, 5) is 35.0.